The molecule has 0 bridgehead atoms. The molecule has 1 heterocycles. The van der Waals surface area contributed by atoms with Crippen LogP contribution in [0.4, 0.5) is 0 Å². The molecule has 1 fully saturated rings. The van der Waals surface area contributed by atoms with Crippen molar-refractivity contribution in [2.75, 3.05) is 26.3 Å². The van der Waals surface area contributed by atoms with E-state index in [9.17, 15) is 9.90 Å². The molecule has 1 rings (SSSR count). The highest BCUT2D eigenvalue weighted by molar-refractivity contribution is 5.84. The van der Waals surface area contributed by atoms with Crippen molar-refractivity contribution in [1.29, 1.82) is 0 Å². The third kappa shape index (κ3) is 5.91. The minimum absolute atomic E-state index is 0.165. The molecule has 0 atom stereocenters. The maximum atomic E-state index is 11.9. The van der Waals surface area contributed by atoms with Crippen molar-refractivity contribution in [2.24, 2.45) is 11.3 Å². The quantitative estimate of drug-likeness (QED) is 0.851. The molecule has 0 unspecified atom stereocenters. The van der Waals surface area contributed by atoms with E-state index >= 15 is 0 Å². The second-order valence-corrected chi connectivity index (χ2v) is 7.37. The molecule has 1 saturated heterocycles. The Balaban J connectivity index is 2.28. The van der Waals surface area contributed by atoms with Gasteiger partial charge in [-0.25, -0.2) is 0 Å². The SMILES string of the molecule is CC(C)(C)COCC1CCN(C(=O)C(C)(C)O)CC1. The molecule has 0 aliphatic carbocycles. The Morgan fingerprint density at radius 3 is 2.16 bits per heavy atom. The lowest BCUT2D eigenvalue weighted by molar-refractivity contribution is -0.149. The fourth-order valence-corrected chi connectivity index (χ4v) is 2.22. The summed E-state index contributed by atoms with van der Waals surface area (Å²) >= 11 is 0. The minimum atomic E-state index is -1.25. The monoisotopic (exact) mass is 271 g/mol. The molecule has 0 aromatic heterocycles. The van der Waals surface area contributed by atoms with Gasteiger partial charge in [0.05, 0.1) is 6.61 Å². The van der Waals surface area contributed by atoms with Crippen LogP contribution in [0.25, 0.3) is 0 Å². The Morgan fingerprint density at radius 2 is 1.74 bits per heavy atom. The van der Waals surface area contributed by atoms with Crippen molar-refractivity contribution in [3.8, 4) is 0 Å². The summed E-state index contributed by atoms with van der Waals surface area (Å²) in [5.41, 5.74) is -1.05. The second-order valence-electron chi connectivity index (χ2n) is 7.37. The predicted molar refractivity (Wildman–Crippen MR) is 75.9 cm³/mol. The first-order chi connectivity index (χ1) is 8.59. The van der Waals surface area contributed by atoms with Gasteiger partial charge in [-0.1, -0.05) is 20.8 Å². The Morgan fingerprint density at radius 1 is 1.21 bits per heavy atom. The Labute approximate surface area is 117 Å². The second kappa shape index (κ2) is 6.23. The lowest BCUT2D eigenvalue weighted by Crippen LogP contribution is -2.48. The number of rotatable bonds is 4. The van der Waals surface area contributed by atoms with Crippen LogP contribution in [0.5, 0.6) is 0 Å². The van der Waals surface area contributed by atoms with Gasteiger partial charge in [0.25, 0.3) is 5.91 Å². The van der Waals surface area contributed by atoms with Gasteiger partial charge in [-0.05, 0) is 38.0 Å². The smallest absolute Gasteiger partial charge is 0.253 e. The molecule has 19 heavy (non-hydrogen) atoms. The number of likely N-dealkylation sites (tertiary alicyclic amines) is 1. The zero-order valence-corrected chi connectivity index (χ0v) is 13.0. The summed E-state index contributed by atoms with van der Waals surface area (Å²) < 4.78 is 5.75. The molecule has 4 heteroatoms. The largest absolute Gasteiger partial charge is 0.381 e. The van der Waals surface area contributed by atoms with Crippen molar-refractivity contribution in [3.63, 3.8) is 0 Å². The standard InChI is InChI=1S/C15H29NO3/c1-14(2,3)11-19-10-12-6-8-16(9-7-12)13(17)15(4,5)18/h12,18H,6-11H2,1-5H3. The lowest BCUT2D eigenvalue weighted by Gasteiger charge is -2.35. The molecule has 0 radical (unpaired) electrons. The van der Waals surface area contributed by atoms with Crippen molar-refractivity contribution < 1.29 is 14.6 Å². The lowest BCUT2D eigenvalue weighted by atomic mass is 9.95. The Kier molecular flexibility index (Phi) is 5.39. The van der Waals surface area contributed by atoms with Crippen LogP contribution in [-0.4, -0.2) is 47.8 Å². The highest BCUT2D eigenvalue weighted by atomic mass is 16.5. The van der Waals surface area contributed by atoms with Crippen LogP contribution >= 0.6 is 0 Å². The third-order valence-electron chi connectivity index (χ3n) is 3.31. The maximum absolute atomic E-state index is 11.9. The molecule has 1 aliphatic heterocycles. The summed E-state index contributed by atoms with van der Waals surface area (Å²) in [6, 6.07) is 0. The van der Waals surface area contributed by atoms with Crippen LogP contribution in [0.15, 0.2) is 0 Å². The number of hydrogen-bond donors (Lipinski definition) is 1. The number of hydrogen-bond acceptors (Lipinski definition) is 3. The topological polar surface area (TPSA) is 49.8 Å². The number of carbonyl (C=O) groups is 1. The molecule has 0 aromatic carbocycles. The zero-order chi connectivity index (χ0) is 14.7. The first kappa shape index (κ1) is 16.4. The fourth-order valence-electron chi connectivity index (χ4n) is 2.22. The van der Waals surface area contributed by atoms with E-state index in [0.29, 0.717) is 5.92 Å². The van der Waals surface area contributed by atoms with Crippen LogP contribution in [-0.2, 0) is 9.53 Å². The van der Waals surface area contributed by atoms with Crippen LogP contribution in [0.3, 0.4) is 0 Å². The summed E-state index contributed by atoms with van der Waals surface area (Å²) in [4.78, 5) is 13.7. The van der Waals surface area contributed by atoms with Gasteiger partial charge < -0.3 is 14.7 Å². The van der Waals surface area contributed by atoms with Crippen LogP contribution in [0, 0.1) is 11.3 Å². The molecule has 0 aromatic rings. The third-order valence-corrected chi connectivity index (χ3v) is 3.31. The molecular formula is C15H29NO3. The number of nitrogens with zero attached hydrogens (tertiary/aromatic N) is 1. The summed E-state index contributed by atoms with van der Waals surface area (Å²) in [5, 5.41) is 9.72. The first-order valence-electron chi connectivity index (χ1n) is 7.19. The van der Waals surface area contributed by atoms with Gasteiger partial charge in [-0.2, -0.15) is 0 Å². The van der Waals surface area contributed by atoms with Crippen LogP contribution < -0.4 is 0 Å². The average Bonchev–Trinajstić information content (AvgIpc) is 2.26. The van der Waals surface area contributed by atoms with Gasteiger partial charge in [0, 0.05) is 19.7 Å². The minimum Gasteiger partial charge on any atom is -0.381 e. The van der Waals surface area contributed by atoms with E-state index in [0.717, 1.165) is 39.1 Å². The van der Waals surface area contributed by atoms with Gasteiger partial charge in [0.15, 0.2) is 0 Å². The molecule has 0 spiro atoms. The molecule has 1 aliphatic rings. The van der Waals surface area contributed by atoms with Gasteiger partial charge in [-0.3, -0.25) is 4.79 Å². The molecule has 0 saturated carbocycles. The fraction of sp³-hybridized carbons (Fsp3) is 0.933. The van der Waals surface area contributed by atoms with E-state index in [2.05, 4.69) is 20.8 Å². The normalized spacial score (nSPS) is 18.7. The van der Waals surface area contributed by atoms with Gasteiger partial charge >= 0.3 is 0 Å². The van der Waals surface area contributed by atoms with E-state index in [4.69, 9.17) is 4.74 Å². The molecule has 4 nitrogen and oxygen atoms in total. The predicted octanol–water partition coefficient (Wildman–Crippen LogP) is 2.06. The Hall–Kier alpha value is -0.610. The summed E-state index contributed by atoms with van der Waals surface area (Å²) in [6.45, 7) is 12.6. The molecule has 1 N–H and O–H groups in total. The molecular weight excluding hydrogens is 242 g/mol. The van der Waals surface area contributed by atoms with Crippen LogP contribution in [0.1, 0.15) is 47.5 Å². The van der Waals surface area contributed by atoms with Crippen molar-refractivity contribution >= 4 is 5.91 Å². The number of ether oxygens (including phenoxy) is 1. The van der Waals surface area contributed by atoms with E-state index in [1.165, 1.54) is 0 Å². The van der Waals surface area contributed by atoms with Crippen molar-refractivity contribution in [3.05, 3.63) is 0 Å². The number of piperidine rings is 1. The zero-order valence-electron chi connectivity index (χ0n) is 13.0. The van der Waals surface area contributed by atoms with Crippen LogP contribution in [0.2, 0.25) is 0 Å². The van der Waals surface area contributed by atoms with Crippen molar-refractivity contribution in [1.82, 2.24) is 4.90 Å². The van der Waals surface area contributed by atoms with E-state index in [-0.39, 0.29) is 11.3 Å². The highest BCUT2D eigenvalue weighted by Crippen LogP contribution is 2.21. The number of aliphatic hydroxyl groups is 1. The van der Waals surface area contributed by atoms with Gasteiger partial charge in [0.1, 0.15) is 5.60 Å². The molecule has 1 amide bonds. The maximum Gasteiger partial charge on any atom is 0.253 e. The van der Waals surface area contributed by atoms with Gasteiger partial charge in [-0.15, -0.1) is 0 Å². The summed E-state index contributed by atoms with van der Waals surface area (Å²) in [5.74, 6) is 0.370. The number of amides is 1. The van der Waals surface area contributed by atoms with Crippen molar-refractivity contribution in [2.45, 2.75) is 53.1 Å². The first-order valence-corrected chi connectivity index (χ1v) is 7.19. The van der Waals surface area contributed by atoms with E-state index < -0.39 is 5.60 Å². The Bertz CT molecular complexity index is 293. The number of carbonyl (C=O) groups excluding carboxylic acids is 1. The summed E-state index contributed by atoms with van der Waals surface area (Å²) in [6.07, 6.45) is 1.93. The highest BCUT2D eigenvalue weighted by Gasteiger charge is 2.32. The summed E-state index contributed by atoms with van der Waals surface area (Å²) in [7, 11) is 0. The molecule has 112 valence electrons. The van der Waals surface area contributed by atoms with E-state index in [1.807, 2.05) is 0 Å². The average molecular weight is 271 g/mol. The van der Waals surface area contributed by atoms with Gasteiger partial charge in [0.2, 0.25) is 0 Å². The van der Waals surface area contributed by atoms with E-state index in [1.54, 1.807) is 18.7 Å².